The quantitative estimate of drug-likeness (QED) is 0.562. The average molecular weight is 450 g/mol. The van der Waals surface area contributed by atoms with Crippen LogP contribution in [-0.4, -0.2) is 30.8 Å². The molecule has 0 radical (unpaired) electrons. The van der Waals surface area contributed by atoms with Crippen LogP contribution in [-0.2, 0) is 16.1 Å². The fourth-order valence-electron chi connectivity index (χ4n) is 4.57. The molecule has 1 aliphatic rings. The van der Waals surface area contributed by atoms with Crippen molar-refractivity contribution < 1.29 is 9.59 Å². The highest BCUT2D eigenvalue weighted by Gasteiger charge is 2.32. The fraction of sp³-hybridized carbons (Fsp3) is 0.500. The second-order valence-corrected chi connectivity index (χ2v) is 10.5. The van der Waals surface area contributed by atoms with Crippen LogP contribution in [0.1, 0.15) is 70.5 Å². The molecule has 2 aromatic rings. The van der Waals surface area contributed by atoms with Gasteiger partial charge in [-0.3, -0.25) is 9.59 Å². The maximum absolute atomic E-state index is 13.5. The minimum absolute atomic E-state index is 0.0790. The van der Waals surface area contributed by atoms with Gasteiger partial charge in [-0.2, -0.15) is 0 Å². The van der Waals surface area contributed by atoms with Crippen LogP contribution >= 0.6 is 0 Å². The summed E-state index contributed by atoms with van der Waals surface area (Å²) in [6, 6.07) is 16.1. The summed E-state index contributed by atoms with van der Waals surface area (Å²) in [5.74, 6) is 0.319. The molecule has 178 valence electrons. The van der Waals surface area contributed by atoms with Gasteiger partial charge in [0.2, 0.25) is 11.8 Å². The topological polar surface area (TPSA) is 52.7 Å². The predicted octanol–water partition coefficient (Wildman–Crippen LogP) is 6.02. The molecular formula is C28H39N3O2. The third-order valence-electron chi connectivity index (χ3n) is 6.55. The van der Waals surface area contributed by atoms with Crippen molar-refractivity contribution in [3.05, 3.63) is 59.7 Å². The minimum Gasteiger partial charge on any atom is -0.377 e. The highest BCUT2D eigenvalue weighted by Crippen LogP contribution is 2.32. The zero-order chi connectivity index (χ0) is 24.2. The molecule has 0 heterocycles. The van der Waals surface area contributed by atoms with E-state index in [-0.39, 0.29) is 23.8 Å². The normalized spacial score (nSPS) is 15.2. The first-order valence-corrected chi connectivity index (χ1v) is 12.0. The predicted molar refractivity (Wildman–Crippen MR) is 136 cm³/mol. The van der Waals surface area contributed by atoms with Crippen molar-refractivity contribution in [3.8, 4) is 0 Å². The summed E-state index contributed by atoms with van der Waals surface area (Å²) < 4.78 is 0. The number of hydrogen-bond acceptors (Lipinski definition) is 3. The Bertz CT molecular complexity index is 957. The summed E-state index contributed by atoms with van der Waals surface area (Å²) in [7, 11) is 4.01. The number of carbonyl (C=O) groups is 2. The molecule has 3 rings (SSSR count). The zero-order valence-electron chi connectivity index (χ0n) is 21.0. The standard InChI is InChI=1S/C28H39N3O2/c1-20(21-12-8-7-9-13-21)31(27(33)28(2,3)4)19-23-18-24(16-17-25(23)30(5)6)29-26(32)22-14-10-11-15-22/h7-9,12-13,16-18,20,22H,10-11,14-15,19H2,1-6H3,(H,29,32). The molecular weight excluding hydrogens is 410 g/mol. The number of carbonyl (C=O) groups excluding carboxylic acids is 2. The lowest BCUT2D eigenvalue weighted by atomic mass is 9.92. The van der Waals surface area contributed by atoms with Crippen LogP contribution in [0.25, 0.3) is 0 Å². The van der Waals surface area contributed by atoms with Gasteiger partial charge in [0.25, 0.3) is 0 Å². The van der Waals surface area contributed by atoms with Gasteiger partial charge in [0.05, 0.1) is 6.04 Å². The number of anilines is 2. The van der Waals surface area contributed by atoms with Crippen LogP contribution in [0.4, 0.5) is 11.4 Å². The van der Waals surface area contributed by atoms with Crippen molar-refractivity contribution in [2.24, 2.45) is 11.3 Å². The van der Waals surface area contributed by atoms with E-state index < -0.39 is 5.41 Å². The lowest BCUT2D eigenvalue weighted by molar-refractivity contribution is -0.142. The van der Waals surface area contributed by atoms with E-state index in [2.05, 4.69) is 29.3 Å². The van der Waals surface area contributed by atoms with Crippen molar-refractivity contribution in [3.63, 3.8) is 0 Å². The van der Waals surface area contributed by atoms with Gasteiger partial charge in [-0.1, -0.05) is 63.9 Å². The number of rotatable bonds is 7. The molecule has 0 saturated heterocycles. The first kappa shape index (κ1) is 24.8. The molecule has 0 aliphatic heterocycles. The third kappa shape index (κ3) is 6.16. The molecule has 1 fully saturated rings. The van der Waals surface area contributed by atoms with E-state index >= 15 is 0 Å². The van der Waals surface area contributed by atoms with Gasteiger partial charge >= 0.3 is 0 Å². The minimum atomic E-state index is -0.504. The molecule has 1 saturated carbocycles. The maximum atomic E-state index is 13.5. The molecule has 1 unspecified atom stereocenters. The summed E-state index contributed by atoms with van der Waals surface area (Å²) in [6.45, 7) is 8.44. The molecule has 5 heteroatoms. The smallest absolute Gasteiger partial charge is 0.228 e. The molecule has 5 nitrogen and oxygen atoms in total. The van der Waals surface area contributed by atoms with Crippen LogP contribution in [0.5, 0.6) is 0 Å². The van der Waals surface area contributed by atoms with Crippen molar-refractivity contribution in [1.29, 1.82) is 0 Å². The average Bonchev–Trinajstić information content (AvgIpc) is 3.31. The van der Waals surface area contributed by atoms with Crippen LogP contribution in [0, 0.1) is 11.3 Å². The van der Waals surface area contributed by atoms with E-state index in [4.69, 9.17) is 0 Å². The number of nitrogens with zero attached hydrogens (tertiary/aromatic N) is 2. The van der Waals surface area contributed by atoms with Gasteiger partial charge in [0, 0.05) is 43.3 Å². The van der Waals surface area contributed by atoms with E-state index in [0.29, 0.717) is 6.54 Å². The molecule has 2 aromatic carbocycles. The molecule has 0 aromatic heterocycles. The Kier molecular flexibility index (Phi) is 7.83. The molecule has 2 amide bonds. The lowest BCUT2D eigenvalue weighted by Gasteiger charge is -2.36. The fourth-order valence-corrected chi connectivity index (χ4v) is 4.57. The molecule has 1 atom stereocenters. The van der Waals surface area contributed by atoms with E-state index in [9.17, 15) is 9.59 Å². The van der Waals surface area contributed by atoms with Gasteiger partial charge in [0.1, 0.15) is 0 Å². The molecule has 33 heavy (non-hydrogen) atoms. The second kappa shape index (κ2) is 10.4. The highest BCUT2D eigenvalue weighted by molar-refractivity contribution is 5.93. The Morgan fingerprint density at radius 2 is 1.67 bits per heavy atom. The van der Waals surface area contributed by atoms with Crippen molar-refractivity contribution in [2.75, 3.05) is 24.3 Å². The lowest BCUT2D eigenvalue weighted by Crippen LogP contribution is -2.40. The zero-order valence-corrected chi connectivity index (χ0v) is 21.0. The van der Waals surface area contributed by atoms with Crippen molar-refractivity contribution >= 4 is 23.2 Å². The summed E-state index contributed by atoms with van der Waals surface area (Å²) >= 11 is 0. The van der Waals surface area contributed by atoms with Crippen LogP contribution in [0.15, 0.2) is 48.5 Å². The summed E-state index contributed by atoms with van der Waals surface area (Å²) in [4.78, 5) is 30.3. The number of nitrogens with one attached hydrogen (secondary N) is 1. The van der Waals surface area contributed by atoms with E-state index in [1.54, 1.807) is 0 Å². The van der Waals surface area contributed by atoms with Gasteiger partial charge in [-0.15, -0.1) is 0 Å². The van der Waals surface area contributed by atoms with Crippen LogP contribution in [0.3, 0.4) is 0 Å². The van der Waals surface area contributed by atoms with Gasteiger partial charge in [0.15, 0.2) is 0 Å². The summed E-state index contributed by atoms with van der Waals surface area (Å²) in [5, 5.41) is 3.12. The Hall–Kier alpha value is -2.82. The largest absolute Gasteiger partial charge is 0.377 e. The van der Waals surface area contributed by atoms with Crippen molar-refractivity contribution in [2.45, 2.75) is 66.0 Å². The molecule has 0 spiro atoms. The van der Waals surface area contributed by atoms with E-state index in [1.807, 2.05) is 76.2 Å². The maximum Gasteiger partial charge on any atom is 0.228 e. The Labute approximate surface area is 199 Å². The SMILES string of the molecule is CC(c1ccccc1)N(Cc1cc(NC(=O)C2CCCC2)ccc1N(C)C)C(=O)C(C)(C)C. The van der Waals surface area contributed by atoms with Gasteiger partial charge in [-0.05, 0) is 49.1 Å². The third-order valence-corrected chi connectivity index (χ3v) is 6.55. The number of amides is 2. The first-order valence-electron chi connectivity index (χ1n) is 12.0. The number of hydrogen-bond donors (Lipinski definition) is 1. The summed E-state index contributed by atoms with van der Waals surface area (Å²) in [5.41, 5.74) is 3.45. The molecule has 1 aliphatic carbocycles. The Morgan fingerprint density at radius 1 is 1.03 bits per heavy atom. The number of benzene rings is 2. The van der Waals surface area contributed by atoms with E-state index in [1.165, 1.54) is 0 Å². The van der Waals surface area contributed by atoms with Crippen molar-refractivity contribution in [1.82, 2.24) is 4.90 Å². The Balaban J connectivity index is 1.94. The summed E-state index contributed by atoms with van der Waals surface area (Å²) in [6.07, 6.45) is 4.20. The van der Waals surface area contributed by atoms with Crippen LogP contribution < -0.4 is 10.2 Å². The molecule has 0 bridgehead atoms. The Morgan fingerprint density at radius 3 is 2.24 bits per heavy atom. The highest BCUT2D eigenvalue weighted by atomic mass is 16.2. The van der Waals surface area contributed by atoms with E-state index in [0.717, 1.165) is 48.2 Å². The van der Waals surface area contributed by atoms with Gasteiger partial charge in [-0.25, -0.2) is 0 Å². The second-order valence-electron chi connectivity index (χ2n) is 10.5. The van der Waals surface area contributed by atoms with Crippen LogP contribution in [0.2, 0.25) is 0 Å². The van der Waals surface area contributed by atoms with Gasteiger partial charge < -0.3 is 15.1 Å². The first-order chi connectivity index (χ1) is 15.6. The molecule has 1 N–H and O–H groups in total. The monoisotopic (exact) mass is 449 g/mol.